The summed E-state index contributed by atoms with van der Waals surface area (Å²) >= 11 is 0. The number of aliphatic hydroxyl groups excluding tert-OH is 1. The molecule has 0 spiro atoms. The van der Waals surface area contributed by atoms with Crippen molar-refractivity contribution in [1.29, 1.82) is 0 Å². The first-order valence-electron chi connectivity index (χ1n) is 11.1. The fourth-order valence-corrected chi connectivity index (χ4v) is 3.95. The molecule has 0 fully saturated rings. The van der Waals surface area contributed by atoms with Gasteiger partial charge in [-0.05, 0) is 35.8 Å². The second kappa shape index (κ2) is 12.8. The molecular formula is C26H40N2O. The lowest BCUT2D eigenvalue weighted by Crippen LogP contribution is -2.46. The summed E-state index contributed by atoms with van der Waals surface area (Å²) in [4.78, 5) is 2.60. The van der Waals surface area contributed by atoms with Crippen LogP contribution in [0.15, 0.2) is 60.7 Å². The molecule has 0 bridgehead atoms. The summed E-state index contributed by atoms with van der Waals surface area (Å²) in [6.45, 7) is 12.0. The van der Waals surface area contributed by atoms with E-state index < -0.39 is 0 Å². The lowest BCUT2D eigenvalue weighted by Gasteiger charge is -2.34. The number of rotatable bonds is 13. The minimum absolute atomic E-state index is 0.167. The molecule has 0 aromatic heterocycles. The summed E-state index contributed by atoms with van der Waals surface area (Å²) in [5.74, 6) is 1.20. The second-order valence-corrected chi connectivity index (χ2v) is 9.08. The van der Waals surface area contributed by atoms with Gasteiger partial charge < -0.3 is 10.4 Å². The molecule has 0 saturated heterocycles. The molecule has 3 heteroatoms. The molecule has 2 aromatic carbocycles. The standard InChI is InChI=1S/C26H40N2O/c1-21(2)15-25(20-29)27-17-26(16-22(3)4)28(18-23-11-7-5-8-12-23)19-24-13-9-6-10-14-24/h5-14,21-22,25-27,29H,15-20H2,1-4H3/t25-,26-/m0/s1. The monoisotopic (exact) mass is 396 g/mol. The number of hydrogen-bond acceptors (Lipinski definition) is 3. The smallest absolute Gasteiger partial charge is 0.0584 e. The molecule has 0 saturated carbocycles. The van der Waals surface area contributed by atoms with Gasteiger partial charge in [0.2, 0.25) is 0 Å². The topological polar surface area (TPSA) is 35.5 Å². The zero-order chi connectivity index (χ0) is 21.1. The molecule has 2 atom stereocenters. The van der Waals surface area contributed by atoms with Crippen molar-refractivity contribution in [2.24, 2.45) is 11.8 Å². The number of nitrogens with one attached hydrogen (secondary N) is 1. The predicted octanol–water partition coefficient (Wildman–Crippen LogP) is 5.10. The summed E-state index contributed by atoms with van der Waals surface area (Å²) in [7, 11) is 0. The molecule has 0 radical (unpaired) electrons. The van der Waals surface area contributed by atoms with Gasteiger partial charge in [0.15, 0.2) is 0 Å². The summed E-state index contributed by atoms with van der Waals surface area (Å²) < 4.78 is 0. The Hall–Kier alpha value is -1.68. The van der Waals surface area contributed by atoms with Gasteiger partial charge >= 0.3 is 0 Å². The van der Waals surface area contributed by atoms with Crippen LogP contribution in [0.1, 0.15) is 51.7 Å². The highest BCUT2D eigenvalue weighted by atomic mass is 16.3. The Bertz CT molecular complexity index is 615. The summed E-state index contributed by atoms with van der Waals surface area (Å²) in [5.41, 5.74) is 2.69. The molecule has 2 N–H and O–H groups in total. The molecule has 0 unspecified atom stereocenters. The van der Waals surface area contributed by atoms with E-state index in [9.17, 15) is 5.11 Å². The van der Waals surface area contributed by atoms with E-state index >= 15 is 0 Å². The number of benzene rings is 2. The maximum Gasteiger partial charge on any atom is 0.0584 e. The van der Waals surface area contributed by atoms with Crippen LogP contribution in [0.5, 0.6) is 0 Å². The van der Waals surface area contributed by atoms with Gasteiger partial charge in [-0.15, -0.1) is 0 Å². The molecule has 29 heavy (non-hydrogen) atoms. The Balaban J connectivity index is 2.17. The van der Waals surface area contributed by atoms with Crippen LogP contribution in [0.4, 0.5) is 0 Å². The third-order valence-corrected chi connectivity index (χ3v) is 5.34. The summed E-state index contributed by atoms with van der Waals surface area (Å²) in [6.07, 6.45) is 2.13. The summed E-state index contributed by atoms with van der Waals surface area (Å²) in [6, 6.07) is 22.1. The first-order valence-corrected chi connectivity index (χ1v) is 11.1. The van der Waals surface area contributed by atoms with Crippen LogP contribution in [0.2, 0.25) is 0 Å². The van der Waals surface area contributed by atoms with Crippen LogP contribution in [0.3, 0.4) is 0 Å². The van der Waals surface area contributed by atoms with E-state index in [2.05, 4.69) is 98.6 Å². The van der Waals surface area contributed by atoms with Crippen molar-refractivity contribution < 1.29 is 5.11 Å². The van der Waals surface area contributed by atoms with Gasteiger partial charge in [-0.3, -0.25) is 4.90 Å². The van der Waals surface area contributed by atoms with Crippen LogP contribution >= 0.6 is 0 Å². The lowest BCUT2D eigenvalue weighted by atomic mass is 9.99. The quantitative estimate of drug-likeness (QED) is 0.494. The van der Waals surface area contributed by atoms with Gasteiger partial charge in [0, 0.05) is 31.7 Å². The third-order valence-electron chi connectivity index (χ3n) is 5.34. The normalized spacial score (nSPS) is 13.9. The van der Waals surface area contributed by atoms with Crippen molar-refractivity contribution in [2.45, 2.75) is 65.7 Å². The maximum absolute atomic E-state index is 9.80. The van der Waals surface area contributed by atoms with Crippen molar-refractivity contribution in [2.75, 3.05) is 13.2 Å². The molecule has 2 aromatic rings. The molecule has 0 aliphatic rings. The van der Waals surface area contributed by atoms with E-state index in [4.69, 9.17) is 0 Å². The van der Waals surface area contributed by atoms with Crippen molar-refractivity contribution >= 4 is 0 Å². The Morgan fingerprint density at radius 1 is 0.759 bits per heavy atom. The van der Waals surface area contributed by atoms with E-state index in [0.29, 0.717) is 17.9 Å². The fourth-order valence-electron chi connectivity index (χ4n) is 3.95. The molecule has 3 nitrogen and oxygen atoms in total. The van der Waals surface area contributed by atoms with Crippen LogP contribution in [0, 0.1) is 11.8 Å². The van der Waals surface area contributed by atoms with E-state index in [1.165, 1.54) is 11.1 Å². The van der Waals surface area contributed by atoms with E-state index in [-0.39, 0.29) is 12.6 Å². The van der Waals surface area contributed by atoms with Crippen LogP contribution in [-0.2, 0) is 13.1 Å². The van der Waals surface area contributed by atoms with Gasteiger partial charge in [0.25, 0.3) is 0 Å². The molecule has 2 rings (SSSR count). The van der Waals surface area contributed by atoms with Gasteiger partial charge in [-0.2, -0.15) is 0 Å². The molecular weight excluding hydrogens is 356 g/mol. The van der Waals surface area contributed by atoms with Crippen LogP contribution < -0.4 is 5.32 Å². The van der Waals surface area contributed by atoms with E-state index in [1.54, 1.807) is 0 Å². The minimum atomic E-state index is 0.167. The average molecular weight is 397 g/mol. The molecule has 0 amide bonds. The third kappa shape index (κ3) is 9.12. The first kappa shape index (κ1) is 23.6. The van der Waals surface area contributed by atoms with E-state index in [1.807, 2.05) is 0 Å². The second-order valence-electron chi connectivity index (χ2n) is 9.08. The highest BCUT2D eigenvalue weighted by Crippen LogP contribution is 2.19. The molecule has 160 valence electrons. The minimum Gasteiger partial charge on any atom is -0.395 e. The van der Waals surface area contributed by atoms with Crippen molar-refractivity contribution in [1.82, 2.24) is 10.2 Å². The maximum atomic E-state index is 9.80. The Morgan fingerprint density at radius 2 is 1.24 bits per heavy atom. The largest absolute Gasteiger partial charge is 0.395 e. The van der Waals surface area contributed by atoms with Crippen LogP contribution in [0.25, 0.3) is 0 Å². The van der Waals surface area contributed by atoms with Gasteiger partial charge in [-0.1, -0.05) is 88.4 Å². The predicted molar refractivity (Wildman–Crippen MR) is 124 cm³/mol. The van der Waals surface area contributed by atoms with E-state index in [0.717, 1.165) is 32.5 Å². The molecule has 0 aliphatic carbocycles. The number of nitrogens with zero attached hydrogens (tertiary/aromatic N) is 1. The zero-order valence-electron chi connectivity index (χ0n) is 18.7. The SMILES string of the molecule is CC(C)C[C@@H](CO)NC[C@H](CC(C)C)N(Cc1ccccc1)Cc1ccccc1. The Kier molecular flexibility index (Phi) is 10.4. The summed E-state index contributed by atoms with van der Waals surface area (Å²) in [5, 5.41) is 13.5. The number of hydrogen-bond donors (Lipinski definition) is 2. The van der Waals surface area contributed by atoms with Crippen molar-refractivity contribution in [3.05, 3.63) is 71.8 Å². The lowest BCUT2D eigenvalue weighted by molar-refractivity contribution is 0.140. The average Bonchev–Trinajstić information content (AvgIpc) is 2.70. The van der Waals surface area contributed by atoms with Crippen molar-refractivity contribution in [3.63, 3.8) is 0 Å². The van der Waals surface area contributed by atoms with Gasteiger partial charge in [-0.25, -0.2) is 0 Å². The van der Waals surface area contributed by atoms with Gasteiger partial charge in [0.05, 0.1) is 6.61 Å². The fraction of sp³-hybridized carbons (Fsp3) is 0.538. The highest BCUT2D eigenvalue weighted by Gasteiger charge is 2.22. The molecule has 0 aliphatic heterocycles. The number of aliphatic hydroxyl groups is 1. The Morgan fingerprint density at radius 3 is 1.66 bits per heavy atom. The van der Waals surface area contributed by atoms with Crippen molar-refractivity contribution in [3.8, 4) is 0 Å². The first-order chi connectivity index (χ1) is 14.0. The zero-order valence-corrected chi connectivity index (χ0v) is 18.7. The Labute approximate surface area is 178 Å². The van der Waals surface area contributed by atoms with Gasteiger partial charge in [0.1, 0.15) is 0 Å². The highest BCUT2D eigenvalue weighted by molar-refractivity contribution is 5.17. The van der Waals surface area contributed by atoms with Crippen LogP contribution in [-0.4, -0.2) is 35.2 Å². The molecule has 0 heterocycles.